The maximum Gasteiger partial charge on any atom is 0.0552 e. The lowest BCUT2D eigenvalue weighted by Gasteiger charge is -2.17. The van der Waals surface area contributed by atoms with Gasteiger partial charge in [-0.2, -0.15) is 0 Å². The van der Waals surface area contributed by atoms with Gasteiger partial charge in [0.25, 0.3) is 0 Å². The van der Waals surface area contributed by atoms with E-state index in [0.717, 1.165) is 6.54 Å². The van der Waals surface area contributed by atoms with Gasteiger partial charge in [0.2, 0.25) is 0 Å². The van der Waals surface area contributed by atoms with Gasteiger partial charge in [-0.3, -0.25) is 0 Å². The molecule has 1 saturated heterocycles. The maximum atomic E-state index is 9.51. The molecule has 0 bridgehead atoms. The topological polar surface area (TPSA) is 23.5 Å². The van der Waals surface area contributed by atoms with Gasteiger partial charge < -0.3 is 10.0 Å². The van der Waals surface area contributed by atoms with Crippen LogP contribution in [0.3, 0.4) is 0 Å². The molecule has 2 unspecified atom stereocenters. The quantitative estimate of drug-likeness (QED) is 0.644. The molecule has 2 atom stereocenters. The fourth-order valence-electron chi connectivity index (χ4n) is 2.58. The third kappa shape index (κ3) is 5.31. The van der Waals surface area contributed by atoms with E-state index in [1.807, 2.05) is 6.92 Å². The second kappa shape index (κ2) is 8.08. The smallest absolute Gasteiger partial charge is 0.0552 e. The number of unbranched alkanes of at least 4 members (excludes halogenated alkanes) is 5. The molecule has 1 aliphatic rings. The highest BCUT2D eigenvalue weighted by atomic mass is 16.3. The van der Waals surface area contributed by atoms with Crippen molar-refractivity contribution in [3.63, 3.8) is 0 Å². The van der Waals surface area contributed by atoms with E-state index in [1.54, 1.807) is 0 Å². The van der Waals surface area contributed by atoms with Gasteiger partial charge >= 0.3 is 0 Å². The van der Waals surface area contributed by atoms with Gasteiger partial charge in [0.15, 0.2) is 0 Å². The molecule has 0 spiro atoms. The normalized spacial score (nSPS) is 23.8. The fourth-order valence-corrected chi connectivity index (χ4v) is 2.58. The zero-order valence-electron chi connectivity index (χ0n) is 11.1. The van der Waals surface area contributed by atoms with Gasteiger partial charge in [0.1, 0.15) is 0 Å². The predicted octanol–water partition coefficient (Wildman–Crippen LogP) is 3.05. The number of hydrogen-bond donors (Lipinski definition) is 1. The van der Waals surface area contributed by atoms with Crippen LogP contribution in [-0.4, -0.2) is 35.7 Å². The van der Waals surface area contributed by atoms with E-state index in [9.17, 15) is 5.11 Å². The first-order valence-electron chi connectivity index (χ1n) is 7.14. The minimum atomic E-state index is -0.116. The van der Waals surface area contributed by atoms with Crippen molar-refractivity contribution in [2.75, 3.05) is 19.6 Å². The van der Waals surface area contributed by atoms with Gasteiger partial charge in [-0.05, 0) is 38.8 Å². The predicted molar refractivity (Wildman–Crippen MR) is 69.6 cm³/mol. The Morgan fingerprint density at radius 1 is 1.19 bits per heavy atom. The Balaban J connectivity index is 1.94. The fraction of sp³-hybridized carbons (Fsp3) is 1.00. The highest BCUT2D eigenvalue weighted by molar-refractivity contribution is 4.78. The standard InChI is InChI=1S/C14H29NO/c1-3-4-5-6-7-8-10-15-11-9-14(12-15)13(2)16/h13-14,16H,3-12H2,1-2H3. The lowest BCUT2D eigenvalue weighted by Crippen LogP contribution is -2.25. The number of aliphatic hydroxyl groups excluding tert-OH is 1. The summed E-state index contributed by atoms with van der Waals surface area (Å²) in [6, 6.07) is 0. The lowest BCUT2D eigenvalue weighted by atomic mass is 10.0. The van der Waals surface area contributed by atoms with Crippen LogP contribution in [0.15, 0.2) is 0 Å². The molecule has 1 aliphatic heterocycles. The Labute approximate surface area is 101 Å². The molecule has 0 aromatic carbocycles. The summed E-state index contributed by atoms with van der Waals surface area (Å²) in [7, 11) is 0. The molecular weight excluding hydrogens is 198 g/mol. The molecule has 0 aliphatic carbocycles. The van der Waals surface area contributed by atoms with Crippen molar-refractivity contribution in [2.24, 2.45) is 5.92 Å². The van der Waals surface area contributed by atoms with Crippen LogP contribution in [0.5, 0.6) is 0 Å². The molecule has 1 fully saturated rings. The van der Waals surface area contributed by atoms with Crippen LogP contribution in [0.2, 0.25) is 0 Å². The molecule has 0 amide bonds. The van der Waals surface area contributed by atoms with E-state index in [1.165, 1.54) is 58.0 Å². The highest BCUT2D eigenvalue weighted by Crippen LogP contribution is 2.20. The first-order chi connectivity index (χ1) is 7.74. The van der Waals surface area contributed by atoms with Crippen LogP contribution in [-0.2, 0) is 0 Å². The zero-order valence-corrected chi connectivity index (χ0v) is 11.1. The van der Waals surface area contributed by atoms with Crippen LogP contribution in [0.4, 0.5) is 0 Å². The van der Waals surface area contributed by atoms with Crippen LogP contribution in [0, 0.1) is 5.92 Å². The Morgan fingerprint density at radius 3 is 2.50 bits per heavy atom. The van der Waals surface area contributed by atoms with Crippen LogP contribution < -0.4 is 0 Å². The molecule has 2 nitrogen and oxygen atoms in total. The molecule has 16 heavy (non-hydrogen) atoms. The minimum Gasteiger partial charge on any atom is -0.393 e. The average Bonchev–Trinajstić information content (AvgIpc) is 2.72. The average molecular weight is 227 g/mol. The summed E-state index contributed by atoms with van der Waals surface area (Å²) in [4.78, 5) is 2.53. The van der Waals surface area contributed by atoms with Gasteiger partial charge in [-0.25, -0.2) is 0 Å². The van der Waals surface area contributed by atoms with E-state index in [4.69, 9.17) is 0 Å². The Morgan fingerprint density at radius 2 is 1.88 bits per heavy atom. The Hall–Kier alpha value is -0.0800. The monoisotopic (exact) mass is 227 g/mol. The van der Waals surface area contributed by atoms with Gasteiger partial charge in [0, 0.05) is 6.54 Å². The lowest BCUT2D eigenvalue weighted by molar-refractivity contribution is 0.127. The molecule has 1 N–H and O–H groups in total. The maximum absolute atomic E-state index is 9.51. The largest absolute Gasteiger partial charge is 0.393 e. The summed E-state index contributed by atoms with van der Waals surface area (Å²) in [5.74, 6) is 0.528. The van der Waals surface area contributed by atoms with Gasteiger partial charge in [-0.1, -0.05) is 39.0 Å². The summed E-state index contributed by atoms with van der Waals surface area (Å²) in [6.07, 6.45) is 9.35. The highest BCUT2D eigenvalue weighted by Gasteiger charge is 2.25. The third-order valence-corrected chi connectivity index (χ3v) is 3.82. The molecule has 96 valence electrons. The van der Waals surface area contributed by atoms with Crippen molar-refractivity contribution in [3.8, 4) is 0 Å². The van der Waals surface area contributed by atoms with E-state index < -0.39 is 0 Å². The molecule has 0 saturated carbocycles. The van der Waals surface area contributed by atoms with Crippen molar-refractivity contribution in [1.29, 1.82) is 0 Å². The number of nitrogens with zero attached hydrogens (tertiary/aromatic N) is 1. The summed E-state index contributed by atoms with van der Waals surface area (Å²) in [5, 5.41) is 9.51. The minimum absolute atomic E-state index is 0.116. The van der Waals surface area contributed by atoms with E-state index in [2.05, 4.69) is 11.8 Å². The first kappa shape index (κ1) is 14.0. The summed E-state index contributed by atoms with van der Waals surface area (Å²) < 4.78 is 0. The van der Waals surface area contributed by atoms with E-state index >= 15 is 0 Å². The number of rotatable bonds is 8. The Bertz CT molecular complexity index is 170. The van der Waals surface area contributed by atoms with E-state index in [0.29, 0.717) is 5.92 Å². The molecule has 0 aromatic rings. The van der Waals surface area contributed by atoms with Crippen LogP contribution in [0.1, 0.15) is 58.8 Å². The van der Waals surface area contributed by atoms with Crippen LogP contribution in [0.25, 0.3) is 0 Å². The molecule has 0 radical (unpaired) electrons. The third-order valence-electron chi connectivity index (χ3n) is 3.82. The van der Waals surface area contributed by atoms with Gasteiger partial charge in [0.05, 0.1) is 6.10 Å². The molecule has 2 heteroatoms. The summed E-state index contributed by atoms with van der Waals surface area (Å²) >= 11 is 0. The Kier molecular flexibility index (Phi) is 7.06. The van der Waals surface area contributed by atoms with Crippen molar-refractivity contribution in [3.05, 3.63) is 0 Å². The number of aliphatic hydroxyl groups is 1. The summed E-state index contributed by atoms with van der Waals surface area (Å²) in [6.45, 7) is 7.76. The second-order valence-corrected chi connectivity index (χ2v) is 5.36. The van der Waals surface area contributed by atoms with Crippen LogP contribution >= 0.6 is 0 Å². The van der Waals surface area contributed by atoms with Crippen molar-refractivity contribution in [1.82, 2.24) is 4.90 Å². The van der Waals surface area contributed by atoms with Gasteiger partial charge in [-0.15, -0.1) is 0 Å². The first-order valence-corrected chi connectivity index (χ1v) is 7.14. The summed E-state index contributed by atoms with van der Waals surface area (Å²) in [5.41, 5.74) is 0. The van der Waals surface area contributed by atoms with Crippen molar-refractivity contribution < 1.29 is 5.11 Å². The number of likely N-dealkylation sites (tertiary alicyclic amines) is 1. The molecule has 0 aromatic heterocycles. The van der Waals surface area contributed by atoms with Crippen molar-refractivity contribution in [2.45, 2.75) is 64.9 Å². The zero-order chi connectivity index (χ0) is 11.8. The second-order valence-electron chi connectivity index (χ2n) is 5.36. The SMILES string of the molecule is CCCCCCCCN1CCC(C(C)O)C1. The molecule has 1 heterocycles. The molecular formula is C14H29NO. The van der Waals surface area contributed by atoms with Crippen molar-refractivity contribution >= 4 is 0 Å². The van der Waals surface area contributed by atoms with E-state index in [-0.39, 0.29) is 6.10 Å². The molecule has 1 rings (SSSR count). The number of hydrogen-bond acceptors (Lipinski definition) is 2.